The van der Waals surface area contributed by atoms with Gasteiger partial charge in [-0.05, 0) is 26.7 Å². The van der Waals surface area contributed by atoms with Crippen LogP contribution < -0.4 is 5.32 Å². The predicted molar refractivity (Wildman–Crippen MR) is 53.7 cm³/mol. The Kier molecular flexibility index (Phi) is 3.92. The molecule has 1 aliphatic heterocycles. The quantitative estimate of drug-likeness (QED) is 0.719. The van der Waals surface area contributed by atoms with Crippen molar-refractivity contribution in [1.29, 1.82) is 0 Å². The summed E-state index contributed by atoms with van der Waals surface area (Å²) < 4.78 is 0. The first-order valence-corrected chi connectivity index (χ1v) is 5.16. The van der Waals surface area contributed by atoms with E-state index in [9.17, 15) is 9.59 Å². The van der Waals surface area contributed by atoms with Crippen LogP contribution in [-0.2, 0) is 9.59 Å². The summed E-state index contributed by atoms with van der Waals surface area (Å²) in [5, 5.41) is 2.78. The monoisotopic (exact) mass is 198 g/mol. The summed E-state index contributed by atoms with van der Waals surface area (Å²) in [4.78, 5) is 24.4. The summed E-state index contributed by atoms with van der Waals surface area (Å²) >= 11 is 0. The van der Waals surface area contributed by atoms with Crippen LogP contribution in [0, 0.1) is 0 Å². The standard InChI is InChI=1S/C10H18N2O2/c1-8(2)11-9(13)7-12-6-4-3-5-10(12)14/h8H,3-7H2,1-2H3,(H,11,13). The topological polar surface area (TPSA) is 49.4 Å². The number of hydrogen-bond donors (Lipinski definition) is 1. The molecule has 14 heavy (non-hydrogen) atoms. The van der Waals surface area contributed by atoms with Crippen LogP contribution in [0.15, 0.2) is 0 Å². The summed E-state index contributed by atoms with van der Waals surface area (Å²) in [5.41, 5.74) is 0. The van der Waals surface area contributed by atoms with Gasteiger partial charge in [-0.15, -0.1) is 0 Å². The molecule has 0 atom stereocenters. The minimum Gasteiger partial charge on any atom is -0.352 e. The first kappa shape index (κ1) is 11.0. The molecule has 1 N–H and O–H groups in total. The summed E-state index contributed by atoms with van der Waals surface area (Å²) in [6, 6.07) is 0.141. The first-order chi connectivity index (χ1) is 6.59. The Labute approximate surface area is 84.7 Å². The maximum atomic E-state index is 11.4. The zero-order valence-corrected chi connectivity index (χ0v) is 8.88. The van der Waals surface area contributed by atoms with Gasteiger partial charge in [-0.25, -0.2) is 0 Å². The molecule has 4 nitrogen and oxygen atoms in total. The second-order valence-electron chi connectivity index (χ2n) is 3.99. The number of carbonyl (C=O) groups is 2. The zero-order valence-electron chi connectivity index (χ0n) is 8.88. The molecule has 0 saturated carbocycles. The van der Waals surface area contributed by atoms with Gasteiger partial charge >= 0.3 is 0 Å². The molecule has 1 heterocycles. The molecule has 0 aliphatic carbocycles. The Hall–Kier alpha value is -1.06. The van der Waals surface area contributed by atoms with Gasteiger partial charge in [0.1, 0.15) is 0 Å². The third-order valence-corrected chi connectivity index (χ3v) is 2.21. The lowest BCUT2D eigenvalue weighted by atomic mass is 10.1. The van der Waals surface area contributed by atoms with Gasteiger partial charge < -0.3 is 10.2 Å². The van der Waals surface area contributed by atoms with Crippen molar-refractivity contribution in [2.24, 2.45) is 0 Å². The Morgan fingerprint density at radius 3 is 2.79 bits per heavy atom. The van der Waals surface area contributed by atoms with Crippen molar-refractivity contribution in [3.8, 4) is 0 Å². The fourth-order valence-corrected chi connectivity index (χ4v) is 1.57. The number of piperidine rings is 1. The van der Waals surface area contributed by atoms with Crippen LogP contribution in [0.25, 0.3) is 0 Å². The summed E-state index contributed by atoms with van der Waals surface area (Å²) in [7, 11) is 0. The van der Waals surface area contributed by atoms with E-state index >= 15 is 0 Å². The molecule has 4 heteroatoms. The second kappa shape index (κ2) is 4.98. The molecule has 0 radical (unpaired) electrons. The predicted octanol–water partition coefficient (Wildman–Crippen LogP) is 0.523. The van der Waals surface area contributed by atoms with Gasteiger partial charge in [-0.1, -0.05) is 0 Å². The average Bonchev–Trinajstić information content (AvgIpc) is 2.07. The molecule has 0 aromatic heterocycles. The van der Waals surface area contributed by atoms with E-state index in [1.807, 2.05) is 13.8 Å². The lowest BCUT2D eigenvalue weighted by Gasteiger charge is -2.26. The number of nitrogens with one attached hydrogen (secondary N) is 1. The summed E-state index contributed by atoms with van der Waals surface area (Å²) in [6.07, 6.45) is 2.57. The van der Waals surface area contributed by atoms with Gasteiger partial charge in [0.15, 0.2) is 0 Å². The van der Waals surface area contributed by atoms with E-state index in [-0.39, 0.29) is 24.4 Å². The molecule has 0 bridgehead atoms. The second-order valence-corrected chi connectivity index (χ2v) is 3.99. The normalized spacial score (nSPS) is 17.4. The smallest absolute Gasteiger partial charge is 0.239 e. The first-order valence-electron chi connectivity index (χ1n) is 5.16. The van der Waals surface area contributed by atoms with Gasteiger partial charge in [-0.3, -0.25) is 9.59 Å². The molecular weight excluding hydrogens is 180 g/mol. The molecule has 0 spiro atoms. The van der Waals surface area contributed by atoms with E-state index in [0.29, 0.717) is 6.42 Å². The molecule has 0 aromatic carbocycles. The van der Waals surface area contributed by atoms with Gasteiger partial charge in [0, 0.05) is 19.0 Å². The number of likely N-dealkylation sites (tertiary alicyclic amines) is 1. The van der Waals surface area contributed by atoms with Gasteiger partial charge in [0.25, 0.3) is 0 Å². The Bertz CT molecular complexity index is 226. The van der Waals surface area contributed by atoms with Crippen LogP contribution in [-0.4, -0.2) is 35.8 Å². The van der Waals surface area contributed by atoms with Crippen LogP contribution in [0.1, 0.15) is 33.1 Å². The van der Waals surface area contributed by atoms with E-state index in [4.69, 9.17) is 0 Å². The van der Waals surface area contributed by atoms with Crippen LogP contribution in [0.5, 0.6) is 0 Å². The minimum atomic E-state index is -0.0600. The van der Waals surface area contributed by atoms with E-state index in [1.54, 1.807) is 4.90 Å². The highest BCUT2D eigenvalue weighted by atomic mass is 16.2. The molecule has 1 fully saturated rings. The minimum absolute atomic E-state index is 0.0600. The van der Waals surface area contributed by atoms with Gasteiger partial charge in [-0.2, -0.15) is 0 Å². The highest BCUT2D eigenvalue weighted by Gasteiger charge is 2.20. The lowest BCUT2D eigenvalue weighted by molar-refractivity contribution is -0.137. The highest BCUT2D eigenvalue weighted by molar-refractivity contribution is 5.85. The fourth-order valence-electron chi connectivity index (χ4n) is 1.57. The maximum absolute atomic E-state index is 11.4. The van der Waals surface area contributed by atoms with Crippen molar-refractivity contribution < 1.29 is 9.59 Å². The third kappa shape index (κ3) is 3.36. The Balaban J connectivity index is 2.34. The zero-order chi connectivity index (χ0) is 10.6. The molecule has 2 amide bonds. The SMILES string of the molecule is CC(C)NC(=O)CN1CCCCC1=O. The molecule has 1 aliphatic rings. The van der Waals surface area contributed by atoms with Crippen LogP contribution >= 0.6 is 0 Å². The Morgan fingerprint density at radius 2 is 2.21 bits per heavy atom. The van der Waals surface area contributed by atoms with Crippen molar-refractivity contribution in [2.75, 3.05) is 13.1 Å². The number of hydrogen-bond acceptors (Lipinski definition) is 2. The molecule has 0 aromatic rings. The molecular formula is C10H18N2O2. The lowest BCUT2D eigenvalue weighted by Crippen LogP contribution is -2.44. The maximum Gasteiger partial charge on any atom is 0.239 e. The number of amides is 2. The molecule has 0 unspecified atom stereocenters. The number of nitrogens with zero attached hydrogens (tertiary/aromatic N) is 1. The van der Waals surface area contributed by atoms with Crippen molar-refractivity contribution in [1.82, 2.24) is 10.2 Å². The van der Waals surface area contributed by atoms with Crippen molar-refractivity contribution in [3.05, 3.63) is 0 Å². The average molecular weight is 198 g/mol. The number of carbonyl (C=O) groups excluding carboxylic acids is 2. The summed E-state index contributed by atoms with van der Waals surface area (Å²) in [6.45, 7) is 4.77. The highest BCUT2D eigenvalue weighted by Crippen LogP contribution is 2.09. The molecule has 1 rings (SSSR count). The van der Waals surface area contributed by atoms with Crippen molar-refractivity contribution in [3.63, 3.8) is 0 Å². The Morgan fingerprint density at radius 1 is 1.50 bits per heavy atom. The van der Waals surface area contributed by atoms with Crippen molar-refractivity contribution in [2.45, 2.75) is 39.2 Å². The van der Waals surface area contributed by atoms with E-state index < -0.39 is 0 Å². The van der Waals surface area contributed by atoms with E-state index in [0.717, 1.165) is 19.4 Å². The largest absolute Gasteiger partial charge is 0.352 e. The van der Waals surface area contributed by atoms with Gasteiger partial charge in [0.05, 0.1) is 6.54 Å². The fraction of sp³-hybridized carbons (Fsp3) is 0.800. The van der Waals surface area contributed by atoms with Gasteiger partial charge in [0.2, 0.25) is 11.8 Å². The van der Waals surface area contributed by atoms with Crippen LogP contribution in [0.4, 0.5) is 0 Å². The summed E-state index contributed by atoms with van der Waals surface area (Å²) in [5.74, 6) is 0.0467. The molecule has 1 saturated heterocycles. The van der Waals surface area contributed by atoms with Crippen LogP contribution in [0.2, 0.25) is 0 Å². The number of rotatable bonds is 3. The van der Waals surface area contributed by atoms with Crippen LogP contribution in [0.3, 0.4) is 0 Å². The van der Waals surface area contributed by atoms with E-state index in [2.05, 4.69) is 5.32 Å². The third-order valence-electron chi connectivity index (χ3n) is 2.21. The molecule has 80 valence electrons. The van der Waals surface area contributed by atoms with E-state index in [1.165, 1.54) is 0 Å². The van der Waals surface area contributed by atoms with Crippen molar-refractivity contribution >= 4 is 11.8 Å².